The fourth-order valence-corrected chi connectivity index (χ4v) is 1.21. The summed E-state index contributed by atoms with van der Waals surface area (Å²) in [5.74, 6) is 0. The van der Waals surface area contributed by atoms with Crippen molar-refractivity contribution in [2.24, 2.45) is 0 Å². The van der Waals surface area contributed by atoms with E-state index < -0.39 is 24.5 Å². The lowest BCUT2D eigenvalue weighted by atomic mass is 9.91. The molecule has 2 rings (SSSR count). The van der Waals surface area contributed by atoms with Gasteiger partial charge in [-0.3, -0.25) is 0 Å². The summed E-state index contributed by atoms with van der Waals surface area (Å²) in [6.07, 6.45) is -1.11. The van der Waals surface area contributed by atoms with E-state index in [4.69, 9.17) is 0 Å². The molecular weight excluding hydrogens is 194 g/mol. The molecule has 0 N–H and O–H groups in total. The second kappa shape index (κ2) is 3.36. The molecule has 0 radical (unpaired) electrons. The van der Waals surface area contributed by atoms with E-state index >= 15 is 0 Å². The highest BCUT2D eigenvalue weighted by atomic mass is 19.2. The molecule has 0 aliphatic heterocycles. The third-order valence-electron chi connectivity index (χ3n) is 2.12. The van der Waals surface area contributed by atoms with Crippen LogP contribution in [0.3, 0.4) is 0 Å². The summed E-state index contributed by atoms with van der Waals surface area (Å²) < 4.78 is 31.0. The van der Waals surface area contributed by atoms with Gasteiger partial charge < -0.3 is 4.74 Å². The van der Waals surface area contributed by atoms with Crippen LogP contribution in [0.15, 0.2) is 18.7 Å². The first-order valence-electron chi connectivity index (χ1n) is 4.15. The summed E-state index contributed by atoms with van der Waals surface area (Å²) in [6, 6.07) is 0. The van der Waals surface area contributed by atoms with Gasteiger partial charge in [-0.15, -0.1) is 0 Å². The van der Waals surface area contributed by atoms with E-state index in [-0.39, 0.29) is 6.42 Å². The average molecular weight is 202 g/mol. The van der Waals surface area contributed by atoms with Crippen molar-refractivity contribution >= 4 is 6.09 Å². The van der Waals surface area contributed by atoms with Gasteiger partial charge in [-0.25, -0.2) is 23.1 Å². The first-order valence-corrected chi connectivity index (χ1v) is 4.15. The summed E-state index contributed by atoms with van der Waals surface area (Å²) in [4.78, 5) is 14.8. The molecule has 2 unspecified atom stereocenters. The van der Waals surface area contributed by atoms with Crippen LogP contribution in [-0.4, -0.2) is 34.1 Å². The molecule has 1 aromatic heterocycles. The maximum atomic E-state index is 12.7. The lowest BCUT2D eigenvalue weighted by Gasteiger charge is -2.33. The molecule has 14 heavy (non-hydrogen) atoms. The maximum Gasteiger partial charge on any atom is 0.419 e. The number of hydrogen-bond acceptors (Lipinski definition) is 3. The molecule has 4 nitrogen and oxygen atoms in total. The molecule has 1 aromatic rings. The van der Waals surface area contributed by atoms with Crippen molar-refractivity contribution in [2.75, 3.05) is 0 Å². The van der Waals surface area contributed by atoms with E-state index in [1.54, 1.807) is 0 Å². The van der Waals surface area contributed by atoms with E-state index in [2.05, 4.69) is 9.72 Å². The number of nitrogens with zero attached hydrogens (tertiary/aromatic N) is 2. The fourth-order valence-electron chi connectivity index (χ4n) is 1.21. The molecule has 6 heteroatoms. The maximum absolute atomic E-state index is 12.7. The Balaban J connectivity index is 1.95. The Morgan fingerprint density at radius 1 is 1.50 bits per heavy atom. The third-order valence-corrected chi connectivity index (χ3v) is 2.12. The monoisotopic (exact) mass is 202 g/mol. The molecule has 0 bridgehead atoms. The van der Waals surface area contributed by atoms with Crippen molar-refractivity contribution in [3.05, 3.63) is 18.7 Å². The van der Waals surface area contributed by atoms with Crippen LogP contribution in [0.4, 0.5) is 13.6 Å². The van der Waals surface area contributed by atoms with E-state index in [0.29, 0.717) is 0 Å². The molecule has 0 amide bonds. The third kappa shape index (κ3) is 1.47. The van der Waals surface area contributed by atoms with Crippen LogP contribution in [0.25, 0.3) is 0 Å². The van der Waals surface area contributed by atoms with Gasteiger partial charge in [-0.2, -0.15) is 0 Å². The zero-order chi connectivity index (χ0) is 10.1. The van der Waals surface area contributed by atoms with Crippen molar-refractivity contribution < 1.29 is 18.3 Å². The number of carbonyl (C=O) groups excluding carboxylic acids is 1. The summed E-state index contributed by atoms with van der Waals surface area (Å²) in [5, 5.41) is 0. The van der Waals surface area contributed by atoms with Crippen LogP contribution < -0.4 is 0 Å². The van der Waals surface area contributed by atoms with Gasteiger partial charge in [0.15, 0.2) is 6.10 Å². The van der Waals surface area contributed by atoms with Gasteiger partial charge >= 0.3 is 6.09 Å². The second-order valence-electron chi connectivity index (χ2n) is 3.09. The van der Waals surface area contributed by atoms with Crippen LogP contribution in [0.5, 0.6) is 0 Å². The van der Waals surface area contributed by atoms with Gasteiger partial charge in [-0.05, 0) is 0 Å². The van der Waals surface area contributed by atoms with Crippen molar-refractivity contribution in [3.8, 4) is 0 Å². The highest BCUT2D eigenvalue weighted by Crippen LogP contribution is 2.30. The standard InChI is InChI=1S/C8H8F2N2O2/c9-5-3-6(10)7(5)14-8(13)12-2-1-11-4-12/h1-2,4-7H,3H2. The number of halogens is 2. The van der Waals surface area contributed by atoms with Crippen molar-refractivity contribution in [1.29, 1.82) is 0 Å². The van der Waals surface area contributed by atoms with Crippen LogP contribution in [0.2, 0.25) is 0 Å². The molecule has 1 heterocycles. The Morgan fingerprint density at radius 3 is 2.71 bits per heavy atom. The van der Waals surface area contributed by atoms with Crippen LogP contribution >= 0.6 is 0 Å². The number of hydrogen-bond donors (Lipinski definition) is 0. The molecular formula is C8H8F2N2O2. The van der Waals surface area contributed by atoms with Gasteiger partial charge in [0.2, 0.25) is 0 Å². The molecule has 76 valence electrons. The molecule has 0 spiro atoms. The predicted molar refractivity (Wildman–Crippen MR) is 42.3 cm³/mol. The zero-order valence-electron chi connectivity index (χ0n) is 7.14. The Morgan fingerprint density at radius 2 is 2.21 bits per heavy atom. The van der Waals surface area contributed by atoms with Gasteiger partial charge in [0.1, 0.15) is 18.7 Å². The minimum Gasteiger partial charge on any atom is -0.439 e. The fraction of sp³-hybridized carbons (Fsp3) is 0.500. The molecule has 1 saturated carbocycles. The summed E-state index contributed by atoms with van der Waals surface area (Å²) in [5.41, 5.74) is 0. The van der Waals surface area contributed by atoms with Crippen LogP contribution in [-0.2, 0) is 4.74 Å². The predicted octanol–water partition coefficient (Wildman–Crippen LogP) is 1.32. The minimum atomic E-state index is -1.39. The quantitative estimate of drug-likeness (QED) is 0.689. The Kier molecular flexibility index (Phi) is 2.18. The normalized spacial score (nSPS) is 30.9. The largest absolute Gasteiger partial charge is 0.439 e. The number of rotatable bonds is 1. The number of alkyl halides is 2. The molecule has 2 atom stereocenters. The number of imidazole rings is 1. The van der Waals surface area contributed by atoms with Crippen molar-refractivity contribution in [2.45, 2.75) is 24.9 Å². The van der Waals surface area contributed by atoms with E-state index in [0.717, 1.165) is 4.57 Å². The number of aromatic nitrogens is 2. The number of carbonyl (C=O) groups is 1. The SMILES string of the molecule is O=C(OC1C(F)CC1F)n1ccnc1. The molecule has 1 fully saturated rings. The Bertz CT molecular complexity index is 320. The Labute approximate surface area is 78.5 Å². The molecule has 0 aromatic carbocycles. The average Bonchev–Trinajstić information content (AvgIpc) is 2.67. The van der Waals surface area contributed by atoms with Gasteiger partial charge in [0.05, 0.1) is 0 Å². The van der Waals surface area contributed by atoms with E-state index in [1.807, 2.05) is 0 Å². The zero-order valence-corrected chi connectivity index (χ0v) is 7.14. The molecule has 0 saturated heterocycles. The summed E-state index contributed by atoms with van der Waals surface area (Å²) in [6.45, 7) is 0. The highest BCUT2D eigenvalue weighted by Gasteiger charge is 2.45. The second-order valence-corrected chi connectivity index (χ2v) is 3.09. The van der Waals surface area contributed by atoms with Gasteiger partial charge in [-0.1, -0.05) is 0 Å². The molecule has 1 aliphatic rings. The Hall–Kier alpha value is -1.46. The van der Waals surface area contributed by atoms with Gasteiger partial charge in [0, 0.05) is 18.8 Å². The van der Waals surface area contributed by atoms with Crippen molar-refractivity contribution in [3.63, 3.8) is 0 Å². The minimum absolute atomic E-state index is 0.193. The van der Waals surface area contributed by atoms with E-state index in [9.17, 15) is 13.6 Å². The first kappa shape index (κ1) is 9.11. The van der Waals surface area contributed by atoms with E-state index in [1.165, 1.54) is 18.7 Å². The topological polar surface area (TPSA) is 44.1 Å². The van der Waals surface area contributed by atoms with Crippen LogP contribution in [0, 0.1) is 0 Å². The lowest BCUT2D eigenvalue weighted by molar-refractivity contribution is -0.0792. The number of ether oxygens (including phenoxy) is 1. The van der Waals surface area contributed by atoms with Gasteiger partial charge in [0.25, 0.3) is 0 Å². The first-order chi connectivity index (χ1) is 6.68. The molecule has 1 aliphatic carbocycles. The lowest BCUT2D eigenvalue weighted by Crippen LogP contribution is -2.49. The highest BCUT2D eigenvalue weighted by molar-refractivity contribution is 5.70. The summed E-state index contributed by atoms with van der Waals surface area (Å²) >= 11 is 0. The smallest absolute Gasteiger partial charge is 0.419 e. The summed E-state index contributed by atoms with van der Waals surface area (Å²) in [7, 11) is 0. The van der Waals surface area contributed by atoms with Crippen LogP contribution in [0.1, 0.15) is 6.42 Å². The van der Waals surface area contributed by atoms with Crippen molar-refractivity contribution in [1.82, 2.24) is 9.55 Å².